The molecule has 0 radical (unpaired) electrons. The van der Waals surface area contributed by atoms with E-state index in [1.165, 1.54) is 31.3 Å². The van der Waals surface area contributed by atoms with Gasteiger partial charge in [0.05, 0.1) is 5.69 Å². The first-order valence-electron chi connectivity index (χ1n) is 4.00. The summed E-state index contributed by atoms with van der Waals surface area (Å²) < 4.78 is 30.9. The van der Waals surface area contributed by atoms with Gasteiger partial charge in [-0.1, -0.05) is 12.1 Å². The van der Waals surface area contributed by atoms with Crippen molar-refractivity contribution < 1.29 is 23.0 Å². The molecule has 0 heterocycles. The molecular formula is C7H10BNO5S. The van der Waals surface area contributed by atoms with Gasteiger partial charge in [-0.3, -0.25) is 8.86 Å². The zero-order valence-corrected chi connectivity index (χ0v) is 8.72. The lowest BCUT2D eigenvalue weighted by Crippen LogP contribution is -2.30. The van der Waals surface area contributed by atoms with E-state index in [-0.39, 0.29) is 11.2 Å². The summed E-state index contributed by atoms with van der Waals surface area (Å²) in [6.45, 7) is 0. The van der Waals surface area contributed by atoms with Crippen molar-refractivity contribution in [3.05, 3.63) is 24.3 Å². The van der Waals surface area contributed by atoms with Crippen LogP contribution in [0, 0.1) is 0 Å². The molecule has 0 saturated carbocycles. The van der Waals surface area contributed by atoms with Crippen LogP contribution in [0.1, 0.15) is 0 Å². The van der Waals surface area contributed by atoms with Crippen LogP contribution in [0.3, 0.4) is 0 Å². The second-order valence-corrected chi connectivity index (χ2v) is 4.35. The molecule has 0 aliphatic rings. The van der Waals surface area contributed by atoms with Crippen molar-refractivity contribution in [2.45, 2.75) is 0 Å². The standard InChI is InChI=1S/C7H10BNO5S/c1-9(15(12,13)14)7-4-2-6(3-5-7)8(10)11/h2-5,10-11H,1H3,(H,12,13,14). The highest BCUT2D eigenvalue weighted by molar-refractivity contribution is 7.87. The molecule has 3 N–H and O–H groups in total. The molecule has 15 heavy (non-hydrogen) atoms. The molecule has 0 aliphatic heterocycles. The van der Waals surface area contributed by atoms with E-state index in [9.17, 15) is 8.42 Å². The lowest BCUT2D eigenvalue weighted by molar-refractivity contribution is 0.426. The van der Waals surface area contributed by atoms with Gasteiger partial charge in [-0.25, -0.2) is 0 Å². The van der Waals surface area contributed by atoms with Gasteiger partial charge in [-0.2, -0.15) is 8.42 Å². The van der Waals surface area contributed by atoms with Gasteiger partial charge in [0, 0.05) is 7.05 Å². The summed E-state index contributed by atoms with van der Waals surface area (Å²) in [6.07, 6.45) is 0. The van der Waals surface area contributed by atoms with Gasteiger partial charge in [-0.15, -0.1) is 0 Å². The maximum Gasteiger partial charge on any atom is 0.488 e. The predicted molar refractivity (Wildman–Crippen MR) is 56.2 cm³/mol. The number of hydrogen-bond donors (Lipinski definition) is 3. The van der Waals surface area contributed by atoms with E-state index in [1.54, 1.807) is 0 Å². The van der Waals surface area contributed by atoms with Crippen molar-refractivity contribution in [3.8, 4) is 0 Å². The summed E-state index contributed by atoms with van der Waals surface area (Å²) in [7, 11) is -4.70. The average molecular weight is 231 g/mol. The molecule has 0 fully saturated rings. The minimum atomic E-state index is -4.28. The van der Waals surface area contributed by atoms with Crippen molar-refractivity contribution in [3.63, 3.8) is 0 Å². The molecule has 0 bridgehead atoms. The van der Waals surface area contributed by atoms with E-state index >= 15 is 0 Å². The largest absolute Gasteiger partial charge is 0.488 e. The van der Waals surface area contributed by atoms with Crippen molar-refractivity contribution in [2.75, 3.05) is 11.4 Å². The van der Waals surface area contributed by atoms with E-state index in [2.05, 4.69) is 0 Å². The van der Waals surface area contributed by atoms with Gasteiger partial charge in [-0.05, 0) is 17.6 Å². The molecule has 82 valence electrons. The summed E-state index contributed by atoms with van der Waals surface area (Å²) in [4.78, 5) is 0. The van der Waals surface area contributed by atoms with Gasteiger partial charge in [0.2, 0.25) is 0 Å². The fourth-order valence-electron chi connectivity index (χ4n) is 0.990. The lowest BCUT2D eigenvalue weighted by atomic mass is 9.80. The van der Waals surface area contributed by atoms with E-state index in [4.69, 9.17) is 14.6 Å². The minimum Gasteiger partial charge on any atom is -0.423 e. The molecule has 0 spiro atoms. The summed E-state index contributed by atoms with van der Waals surface area (Å²) >= 11 is 0. The van der Waals surface area contributed by atoms with Crippen LogP contribution in [0.4, 0.5) is 5.69 Å². The second-order valence-electron chi connectivity index (χ2n) is 2.91. The summed E-state index contributed by atoms with van der Waals surface area (Å²) in [5, 5.41) is 17.6. The predicted octanol–water partition coefficient (Wildman–Crippen LogP) is -1.39. The monoisotopic (exact) mass is 231 g/mol. The Kier molecular flexibility index (Phi) is 3.35. The molecule has 0 saturated heterocycles. The number of nitrogens with zero attached hydrogens (tertiary/aromatic N) is 1. The number of rotatable bonds is 3. The van der Waals surface area contributed by atoms with Crippen LogP contribution < -0.4 is 9.77 Å². The number of hydrogen-bond acceptors (Lipinski definition) is 4. The van der Waals surface area contributed by atoms with Crippen molar-refractivity contribution >= 4 is 28.6 Å². The third-order valence-corrected chi connectivity index (χ3v) is 2.80. The first-order chi connectivity index (χ1) is 6.82. The maximum absolute atomic E-state index is 10.7. The van der Waals surface area contributed by atoms with Crippen LogP contribution >= 0.6 is 0 Å². The summed E-state index contributed by atoms with van der Waals surface area (Å²) in [6, 6.07) is 5.40. The SMILES string of the molecule is CN(c1ccc(B(O)O)cc1)S(=O)(=O)O. The highest BCUT2D eigenvalue weighted by atomic mass is 32.2. The molecule has 0 amide bonds. The molecule has 0 atom stereocenters. The van der Waals surface area contributed by atoms with Gasteiger partial charge < -0.3 is 10.0 Å². The molecule has 1 aromatic carbocycles. The Bertz CT molecular complexity index is 429. The molecule has 0 aliphatic carbocycles. The van der Waals surface area contributed by atoms with Crippen molar-refractivity contribution in [1.82, 2.24) is 0 Å². The molecule has 1 aromatic rings. The molecule has 6 nitrogen and oxygen atoms in total. The van der Waals surface area contributed by atoms with Crippen LogP contribution in [-0.4, -0.2) is 37.2 Å². The first kappa shape index (κ1) is 12.0. The first-order valence-corrected chi connectivity index (χ1v) is 5.39. The molecule has 0 unspecified atom stereocenters. The Morgan fingerprint density at radius 2 is 1.67 bits per heavy atom. The average Bonchev–Trinajstić information content (AvgIpc) is 2.15. The van der Waals surface area contributed by atoms with Crippen LogP contribution in [0.5, 0.6) is 0 Å². The van der Waals surface area contributed by atoms with Gasteiger partial charge >= 0.3 is 17.4 Å². The normalized spacial score (nSPS) is 11.2. The van der Waals surface area contributed by atoms with Gasteiger partial charge in [0.25, 0.3) is 0 Å². The zero-order valence-electron chi connectivity index (χ0n) is 7.90. The summed E-state index contributed by atoms with van der Waals surface area (Å²) in [5.41, 5.74) is 0.462. The Labute approximate surface area is 87.8 Å². The number of anilines is 1. The van der Waals surface area contributed by atoms with Crippen molar-refractivity contribution in [1.29, 1.82) is 0 Å². The van der Waals surface area contributed by atoms with E-state index < -0.39 is 17.4 Å². The van der Waals surface area contributed by atoms with Crippen LogP contribution in [0.15, 0.2) is 24.3 Å². The van der Waals surface area contributed by atoms with Crippen LogP contribution in [-0.2, 0) is 10.3 Å². The highest BCUT2D eigenvalue weighted by Crippen LogP contribution is 2.12. The smallest absolute Gasteiger partial charge is 0.423 e. The van der Waals surface area contributed by atoms with Crippen LogP contribution in [0.2, 0.25) is 0 Å². The van der Waals surface area contributed by atoms with Crippen LogP contribution in [0.25, 0.3) is 0 Å². The number of benzene rings is 1. The Morgan fingerprint density at radius 1 is 1.20 bits per heavy atom. The second kappa shape index (κ2) is 4.19. The molecular weight excluding hydrogens is 221 g/mol. The fraction of sp³-hybridized carbons (Fsp3) is 0.143. The molecule has 1 rings (SSSR count). The fourth-order valence-corrected chi connectivity index (χ4v) is 1.38. The van der Waals surface area contributed by atoms with Crippen molar-refractivity contribution in [2.24, 2.45) is 0 Å². The molecule has 8 heteroatoms. The van der Waals surface area contributed by atoms with Gasteiger partial charge in [0.1, 0.15) is 0 Å². The Balaban J connectivity index is 3.00. The third-order valence-electron chi connectivity index (χ3n) is 1.90. The quantitative estimate of drug-likeness (QED) is 0.439. The Hall–Kier alpha value is -1.09. The van der Waals surface area contributed by atoms with E-state index in [0.717, 1.165) is 0 Å². The zero-order chi connectivity index (χ0) is 11.6. The maximum atomic E-state index is 10.7. The van der Waals surface area contributed by atoms with E-state index in [0.29, 0.717) is 4.31 Å². The van der Waals surface area contributed by atoms with Gasteiger partial charge in [0.15, 0.2) is 0 Å². The van der Waals surface area contributed by atoms with E-state index in [1.807, 2.05) is 0 Å². The minimum absolute atomic E-state index is 0.224. The Morgan fingerprint density at radius 3 is 2.00 bits per heavy atom. The third kappa shape index (κ3) is 2.93. The molecule has 0 aromatic heterocycles. The summed E-state index contributed by atoms with van der Waals surface area (Å²) in [5.74, 6) is 0. The highest BCUT2D eigenvalue weighted by Gasteiger charge is 2.15. The topological polar surface area (TPSA) is 98.1 Å². The lowest BCUT2D eigenvalue weighted by Gasteiger charge is -2.14.